The zero-order chi connectivity index (χ0) is 34.7. The van der Waals surface area contributed by atoms with Crippen LogP contribution in [0.4, 0.5) is 0 Å². The van der Waals surface area contributed by atoms with Crippen LogP contribution in [0, 0.1) is 0 Å². The molecule has 244 valence electrons. The molecule has 9 N–H and O–H groups in total. The number of fused-ring (bicyclic) bond motifs is 7. The van der Waals surface area contributed by atoms with Crippen molar-refractivity contribution < 1.29 is 50.4 Å². The van der Waals surface area contributed by atoms with Crippen molar-refractivity contribution in [1.29, 1.82) is 0 Å². The lowest BCUT2D eigenvalue weighted by molar-refractivity contribution is 0.349. The van der Waals surface area contributed by atoms with E-state index >= 15 is 0 Å². The van der Waals surface area contributed by atoms with Gasteiger partial charge in [0, 0.05) is 5.56 Å². The van der Waals surface area contributed by atoms with Gasteiger partial charge in [0.2, 0.25) is 17.2 Å². The molecule has 0 fully saturated rings. The molecule has 0 radical (unpaired) electrons. The van der Waals surface area contributed by atoms with Gasteiger partial charge < -0.3 is 50.4 Å². The first-order valence-electron chi connectivity index (χ1n) is 15.4. The third kappa shape index (κ3) is 3.50. The fraction of sp³-hybridized carbons (Fsp3) is 0. The summed E-state index contributed by atoms with van der Waals surface area (Å²) in [5, 5.41) is 102. The van der Waals surface area contributed by atoms with Crippen LogP contribution in [0.25, 0.3) is 87.3 Å². The second-order valence-corrected chi connectivity index (χ2v) is 12.1. The van der Waals surface area contributed by atoms with Crippen molar-refractivity contribution in [2.45, 2.75) is 0 Å². The predicted molar refractivity (Wildman–Crippen MR) is 190 cm³/mol. The van der Waals surface area contributed by atoms with E-state index in [1.165, 1.54) is 0 Å². The second kappa shape index (κ2) is 9.91. The maximum absolute atomic E-state index is 12.1. The van der Waals surface area contributed by atoms with Crippen molar-refractivity contribution in [2.24, 2.45) is 0 Å². The lowest BCUT2D eigenvalue weighted by Gasteiger charge is -2.20. The van der Waals surface area contributed by atoms with E-state index in [4.69, 9.17) is 4.42 Å². The Morgan fingerprint density at radius 3 is 1.36 bits per heavy atom. The standard InChI is InChI=1S/C40H24O10/c41-30-25(34(45)38(49)40-29(30)28-31(42)26-27(35(46)39(28)50-40)33(44)37(48)36(47)32(26)43)24-21-13-5-3-11-19(21)23(20-12-4-6-14-22(20)24)18-15-7-9-16-8-1-2-10-17(16)18/h1-15,41-49H. The Kier molecular flexibility index (Phi) is 5.74. The Hall–Kier alpha value is -7.20. The molecule has 0 saturated heterocycles. The average Bonchev–Trinajstić information content (AvgIpc) is 3.55. The topological polar surface area (TPSA) is 195 Å². The van der Waals surface area contributed by atoms with Gasteiger partial charge in [0.25, 0.3) is 0 Å². The highest BCUT2D eigenvalue weighted by Crippen LogP contribution is 2.61. The van der Waals surface area contributed by atoms with Gasteiger partial charge >= 0.3 is 0 Å². The fourth-order valence-electron chi connectivity index (χ4n) is 7.45. The molecule has 0 aliphatic rings. The van der Waals surface area contributed by atoms with E-state index in [9.17, 15) is 46.0 Å². The Labute approximate surface area is 280 Å². The van der Waals surface area contributed by atoms with Gasteiger partial charge in [-0.1, -0.05) is 91.0 Å². The van der Waals surface area contributed by atoms with E-state index in [2.05, 4.69) is 0 Å². The van der Waals surface area contributed by atoms with Crippen molar-refractivity contribution in [3.8, 4) is 74.0 Å². The molecular formula is C40H24O10. The number of rotatable bonds is 2. The van der Waals surface area contributed by atoms with Gasteiger partial charge in [-0.2, -0.15) is 0 Å². The third-order valence-electron chi connectivity index (χ3n) is 9.62. The summed E-state index contributed by atoms with van der Waals surface area (Å²) in [6, 6.07) is 28.9. The van der Waals surface area contributed by atoms with Crippen LogP contribution in [0.3, 0.4) is 0 Å². The molecule has 10 heteroatoms. The predicted octanol–water partition coefficient (Wildman–Crippen LogP) is 8.88. The highest BCUT2D eigenvalue weighted by molar-refractivity contribution is 6.28. The number of benzene rings is 8. The first kappa shape index (κ1) is 29.0. The lowest BCUT2D eigenvalue weighted by Crippen LogP contribution is -1.93. The molecule has 0 aliphatic heterocycles. The minimum atomic E-state index is -1.17. The van der Waals surface area contributed by atoms with E-state index in [-0.39, 0.29) is 10.9 Å². The number of phenols is 9. The Balaban J connectivity index is 1.47. The second-order valence-electron chi connectivity index (χ2n) is 12.1. The van der Waals surface area contributed by atoms with E-state index in [0.717, 1.165) is 32.7 Å². The zero-order valence-electron chi connectivity index (χ0n) is 25.6. The number of hydrogen-bond acceptors (Lipinski definition) is 10. The minimum absolute atomic E-state index is 0.214. The number of hydrogen-bond donors (Lipinski definition) is 9. The normalized spacial score (nSPS) is 11.9. The summed E-state index contributed by atoms with van der Waals surface area (Å²) < 4.78 is 5.70. The van der Waals surface area contributed by atoms with Crippen molar-refractivity contribution in [3.63, 3.8) is 0 Å². The van der Waals surface area contributed by atoms with Crippen LogP contribution >= 0.6 is 0 Å². The highest BCUT2D eigenvalue weighted by Gasteiger charge is 2.33. The van der Waals surface area contributed by atoms with Gasteiger partial charge in [-0.3, -0.25) is 0 Å². The van der Waals surface area contributed by atoms with E-state index in [1.54, 1.807) is 12.1 Å². The Bertz CT molecular complexity index is 2910. The molecule has 0 atom stereocenters. The summed E-state index contributed by atoms with van der Waals surface area (Å²) in [7, 11) is 0. The molecule has 8 aromatic carbocycles. The molecule has 9 aromatic rings. The quantitative estimate of drug-likeness (QED) is 0.0489. The van der Waals surface area contributed by atoms with Crippen LogP contribution in [0.2, 0.25) is 0 Å². The summed E-state index contributed by atoms with van der Waals surface area (Å²) in [5.74, 6) is -8.52. The largest absolute Gasteiger partial charge is 0.506 e. The smallest absolute Gasteiger partial charge is 0.205 e. The van der Waals surface area contributed by atoms with Crippen LogP contribution < -0.4 is 0 Å². The zero-order valence-corrected chi connectivity index (χ0v) is 25.6. The molecule has 0 saturated carbocycles. The molecular weight excluding hydrogens is 640 g/mol. The molecule has 0 bridgehead atoms. The van der Waals surface area contributed by atoms with Crippen LogP contribution in [-0.4, -0.2) is 46.0 Å². The summed E-state index contributed by atoms with van der Waals surface area (Å²) in [6.07, 6.45) is 0. The van der Waals surface area contributed by atoms with Crippen molar-refractivity contribution >= 4 is 65.0 Å². The molecule has 0 spiro atoms. The maximum Gasteiger partial charge on any atom is 0.205 e. The first-order valence-corrected chi connectivity index (χ1v) is 15.4. The van der Waals surface area contributed by atoms with Gasteiger partial charge in [0.15, 0.2) is 34.2 Å². The number of furan rings is 1. The molecule has 1 aromatic heterocycles. The van der Waals surface area contributed by atoms with Crippen molar-refractivity contribution in [2.75, 3.05) is 0 Å². The van der Waals surface area contributed by atoms with E-state index < -0.39 is 79.1 Å². The summed E-state index contributed by atoms with van der Waals surface area (Å²) in [4.78, 5) is 0. The van der Waals surface area contributed by atoms with Gasteiger partial charge in [-0.05, 0) is 43.4 Å². The fourth-order valence-corrected chi connectivity index (χ4v) is 7.45. The Morgan fingerprint density at radius 2 is 0.760 bits per heavy atom. The molecule has 10 nitrogen and oxygen atoms in total. The highest BCUT2D eigenvalue weighted by atomic mass is 16.4. The third-order valence-corrected chi connectivity index (χ3v) is 9.62. The minimum Gasteiger partial charge on any atom is -0.506 e. The molecule has 0 unspecified atom stereocenters. The average molecular weight is 665 g/mol. The van der Waals surface area contributed by atoms with Crippen LogP contribution in [0.5, 0.6) is 51.7 Å². The summed E-state index contributed by atoms with van der Waals surface area (Å²) in [5.41, 5.74) is 0.894. The molecule has 0 amide bonds. The summed E-state index contributed by atoms with van der Waals surface area (Å²) in [6.45, 7) is 0. The van der Waals surface area contributed by atoms with Gasteiger partial charge in [-0.25, -0.2) is 0 Å². The lowest BCUT2D eigenvalue weighted by atomic mass is 9.84. The van der Waals surface area contributed by atoms with Crippen molar-refractivity contribution in [3.05, 3.63) is 91.0 Å². The van der Waals surface area contributed by atoms with Gasteiger partial charge in [0.05, 0.1) is 27.1 Å². The van der Waals surface area contributed by atoms with E-state index in [0.29, 0.717) is 16.3 Å². The number of phenolic OH excluding ortho intramolecular Hbond substituents is 9. The summed E-state index contributed by atoms with van der Waals surface area (Å²) >= 11 is 0. The molecule has 9 rings (SSSR count). The van der Waals surface area contributed by atoms with E-state index in [1.807, 2.05) is 78.9 Å². The van der Waals surface area contributed by atoms with Gasteiger partial charge in [-0.15, -0.1) is 0 Å². The molecule has 1 heterocycles. The Morgan fingerprint density at radius 1 is 0.300 bits per heavy atom. The molecule has 0 aliphatic carbocycles. The van der Waals surface area contributed by atoms with Crippen LogP contribution in [0.15, 0.2) is 95.4 Å². The van der Waals surface area contributed by atoms with Crippen LogP contribution in [0.1, 0.15) is 0 Å². The van der Waals surface area contributed by atoms with Gasteiger partial charge in [0.1, 0.15) is 11.5 Å². The number of aromatic hydroxyl groups is 9. The monoisotopic (exact) mass is 664 g/mol. The van der Waals surface area contributed by atoms with Crippen LogP contribution in [-0.2, 0) is 0 Å². The maximum atomic E-state index is 12.1. The van der Waals surface area contributed by atoms with Crippen molar-refractivity contribution in [1.82, 2.24) is 0 Å². The first-order chi connectivity index (χ1) is 24.1. The SMILES string of the molecule is Oc1c(-c2c3ccccc3c(-c3cccc4ccccc34)c3ccccc23)c(O)c2c(oc3c(O)c4c(O)c(O)c(O)c(O)c4c(O)c32)c1O. The molecule has 50 heavy (non-hydrogen) atoms.